The van der Waals surface area contributed by atoms with Crippen LogP contribution in [0, 0.1) is 0 Å². The standard InChI is InChI=1S/C24H25NO4S2/c1-4-8-17-11-12-20(21(15-17)27-3)29-14-13-28-19-10-7-6-9-18(19)16-22-23(26)25(5-2)24(30)31-22/h4,6-7,9-12,15-16H,1,5,8,13-14H2,2-3H3. The molecule has 7 heteroatoms. The maximum atomic E-state index is 12.5. The van der Waals surface area contributed by atoms with Crippen LogP contribution in [0.1, 0.15) is 18.1 Å². The Kier molecular flexibility index (Phi) is 8.14. The number of methoxy groups -OCH3 is 1. The Bertz CT molecular complexity index is 1000. The van der Waals surface area contributed by atoms with Crippen molar-refractivity contribution in [2.24, 2.45) is 0 Å². The molecule has 1 aliphatic rings. The molecule has 3 rings (SSSR count). The van der Waals surface area contributed by atoms with Crippen LogP contribution in [0.15, 0.2) is 60.0 Å². The summed E-state index contributed by atoms with van der Waals surface area (Å²) in [6, 6.07) is 13.4. The van der Waals surface area contributed by atoms with E-state index in [-0.39, 0.29) is 5.91 Å². The van der Waals surface area contributed by atoms with Crippen molar-refractivity contribution in [1.29, 1.82) is 0 Å². The lowest BCUT2D eigenvalue weighted by molar-refractivity contribution is -0.121. The van der Waals surface area contributed by atoms with E-state index in [4.69, 9.17) is 26.4 Å². The molecule has 31 heavy (non-hydrogen) atoms. The van der Waals surface area contributed by atoms with Crippen LogP contribution < -0.4 is 14.2 Å². The minimum Gasteiger partial charge on any atom is -0.493 e. The number of allylic oxidation sites excluding steroid dienone is 1. The highest BCUT2D eigenvalue weighted by Crippen LogP contribution is 2.34. The fraction of sp³-hybridized carbons (Fsp3) is 0.250. The number of benzene rings is 2. The Morgan fingerprint density at radius 1 is 1.10 bits per heavy atom. The number of rotatable bonds is 10. The van der Waals surface area contributed by atoms with Crippen LogP contribution in [-0.2, 0) is 11.2 Å². The lowest BCUT2D eigenvalue weighted by Crippen LogP contribution is -2.27. The number of hydrogen-bond donors (Lipinski definition) is 0. The van der Waals surface area contributed by atoms with Crippen LogP contribution in [0.3, 0.4) is 0 Å². The number of carbonyl (C=O) groups is 1. The molecule has 0 saturated carbocycles. The molecule has 0 unspecified atom stereocenters. The molecule has 2 aromatic rings. The van der Waals surface area contributed by atoms with Crippen molar-refractivity contribution in [2.75, 3.05) is 26.9 Å². The van der Waals surface area contributed by atoms with Crippen molar-refractivity contribution in [1.82, 2.24) is 4.90 Å². The maximum Gasteiger partial charge on any atom is 0.266 e. The molecule has 0 spiro atoms. The summed E-state index contributed by atoms with van der Waals surface area (Å²) in [4.78, 5) is 14.7. The first-order chi connectivity index (χ1) is 15.1. The molecule has 0 N–H and O–H groups in total. The number of thiocarbonyl (C=S) groups is 1. The van der Waals surface area contributed by atoms with Crippen molar-refractivity contribution < 1.29 is 19.0 Å². The zero-order valence-corrected chi connectivity index (χ0v) is 19.3. The number of amides is 1. The third kappa shape index (κ3) is 5.68. The number of nitrogens with zero attached hydrogens (tertiary/aromatic N) is 1. The fourth-order valence-electron chi connectivity index (χ4n) is 3.07. The average Bonchev–Trinajstić information content (AvgIpc) is 3.05. The predicted molar refractivity (Wildman–Crippen MR) is 130 cm³/mol. The molecule has 2 aromatic carbocycles. The van der Waals surface area contributed by atoms with E-state index in [0.29, 0.717) is 46.2 Å². The summed E-state index contributed by atoms with van der Waals surface area (Å²) in [6.45, 7) is 6.93. The largest absolute Gasteiger partial charge is 0.493 e. The van der Waals surface area contributed by atoms with E-state index in [2.05, 4.69) is 6.58 Å². The zero-order valence-electron chi connectivity index (χ0n) is 17.6. The fourth-order valence-corrected chi connectivity index (χ4v) is 4.45. The summed E-state index contributed by atoms with van der Waals surface area (Å²) in [5.41, 5.74) is 1.93. The number of ether oxygens (including phenoxy) is 3. The lowest BCUT2D eigenvalue weighted by atomic mass is 10.1. The van der Waals surface area contributed by atoms with E-state index in [0.717, 1.165) is 17.5 Å². The summed E-state index contributed by atoms with van der Waals surface area (Å²) >= 11 is 6.60. The first-order valence-electron chi connectivity index (χ1n) is 9.95. The number of carbonyl (C=O) groups excluding carboxylic acids is 1. The molecule has 5 nitrogen and oxygen atoms in total. The summed E-state index contributed by atoms with van der Waals surface area (Å²) in [5, 5.41) is 0. The monoisotopic (exact) mass is 455 g/mol. The molecule has 1 fully saturated rings. The molecular formula is C24H25NO4S2. The second kappa shape index (κ2) is 11.0. The third-order valence-electron chi connectivity index (χ3n) is 4.60. The minimum absolute atomic E-state index is 0.0670. The van der Waals surface area contributed by atoms with E-state index in [1.54, 1.807) is 12.0 Å². The number of thioether (sulfide) groups is 1. The second-order valence-electron chi connectivity index (χ2n) is 6.64. The van der Waals surface area contributed by atoms with Crippen LogP contribution in [0.5, 0.6) is 17.2 Å². The van der Waals surface area contributed by atoms with E-state index >= 15 is 0 Å². The molecule has 1 amide bonds. The first-order valence-corrected chi connectivity index (χ1v) is 11.2. The molecular weight excluding hydrogens is 430 g/mol. The predicted octanol–water partition coefficient (Wildman–Crippen LogP) is 5.10. The van der Waals surface area contributed by atoms with Gasteiger partial charge in [-0.3, -0.25) is 9.69 Å². The Balaban J connectivity index is 1.63. The van der Waals surface area contributed by atoms with Crippen LogP contribution >= 0.6 is 24.0 Å². The van der Waals surface area contributed by atoms with Gasteiger partial charge in [0, 0.05) is 12.1 Å². The van der Waals surface area contributed by atoms with Crippen LogP contribution in [0.25, 0.3) is 6.08 Å². The number of hydrogen-bond acceptors (Lipinski definition) is 6. The first kappa shape index (κ1) is 22.9. The van der Waals surface area contributed by atoms with E-state index in [1.807, 2.05) is 61.5 Å². The van der Waals surface area contributed by atoms with E-state index < -0.39 is 0 Å². The van der Waals surface area contributed by atoms with Crippen molar-refractivity contribution in [3.05, 3.63) is 71.2 Å². The average molecular weight is 456 g/mol. The van der Waals surface area contributed by atoms with Gasteiger partial charge in [0.05, 0.1) is 12.0 Å². The summed E-state index contributed by atoms with van der Waals surface area (Å²) in [7, 11) is 1.62. The molecule has 1 heterocycles. The van der Waals surface area contributed by atoms with Crippen molar-refractivity contribution in [3.8, 4) is 17.2 Å². The molecule has 0 radical (unpaired) electrons. The Hall–Kier alpha value is -2.77. The van der Waals surface area contributed by atoms with Crippen molar-refractivity contribution in [2.45, 2.75) is 13.3 Å². The molecule has 0 aromatic heterocycles. The van der Waals surface area contributed by atoms with Crippen LogP contribution in [-0.4, -0.2) is 42.0 Å². The molecule has 162 valence electrons. The SMILES string of the molecule is C=CCc1ccc(OCCOc2ccccc2C=C2SC(=S)N(CC)C2=O)c(OC)c1. The summed E-state index contributed by atoms with van der Waals surface area (Å²) in [6.07, 6.45) is 4.45. The smallest absolute Gasteiger partial charge is 0.266 e. The van der Waals surface area contributed by atoms with Gasteiger partial charge in [-0.2, -0.15) is 0 Å². The highest BCUT2D eigenvalue weighted by atomic mass is 32.2. The summed E-state index contributed by atoms with van der Waals surface area (Å²) in [5.74, 6) is 1.96. The molecule has 1 saturated heterocycles. The third-order valence-corrected chi connectivity index (χ3v) is 5.98. The highest BCUT2D eigenvalue weighted by molar-refractivity contribution is 8.26. The van der Waals surface area contributed by atoms with Gasteiger partial charge in [0.1, 0.15) is 23.3 Å². The summed E-state index contributed by atoms with van der Waals surface area (Å²) < 4.78 is 17.8. The van der Waals surface area contributed by atoms with Gasteiger partial charge in [0.15, 0.2) is 11.5 Å². The zero-order chi connectivity index (χ0) is 22.2. The van der Waals surface area contributed by atoms with Crippen LogP contribution in [0.4, 0.5) is 0 Å². The van der Waals surface area contributed by atoms with Crippen molar-refractivity contribution >= 4 is 40.3 Å². The molecule has 1 aliphatic heterocycles. The van der Waals surface area contributed by atoms with Gasteiger partial charge >= 0.3 is 0 Å². The number of para-hydroxylation sites is 1. The second-order valence-corrected chi connectivity index (χ2v) is 8.31. The molecule has 0 atom stereocenters. The van der Waals surface area contributed by atoms with Gasteiger partial charge in [-0.05, 0) is 43.2 Å². The van der Waals surface area contributed by atoms with E-state index in [1.165, 1.54) is 11.8 Å². The lowest BCUT2D eigenvalue weighted by Gasteiger charge is -2.13. The molecule has 0 aliphatic carbocycles. The van der Waals surface area contributed by atoms with Gasteiger partial charge in [0.2, 0.25) is 0 Å². The maximum absolute atomic E-state index is 12.5. The Labute approximate surface area is 192 Å². The van der Waals surface area contributed by atoms with Crippen LogP contribution in [0.2, 0.25) is 0 Å². The Morgan fingerprint density at radius 2 is 1.84 bits per heavy atom. The highest BCUT2D eigenvalue weighted by Gasteiger charge is 2.30. The Morgan fingerprint density at radius 3 is 2.52 bits per heavy atom. The topological polar surface area (TPSA) is 48.0 Å². The van der Waals surface area contributed by atoms with Gasteiger partial charge in [-0.1, -0.05) is 54.3 Å². The normalized spacial score (nSPS) is 14.8. The number of likely N-dealkylation sites (N-methyl/N-ethyl adjacent to an activating group) is 1. The van der Waals surface area contributed by atoms with Gasteiger partial charge < -0.3 is 14.2 Å². The van der Waals surface area contributed by atoms with Crippen molar-refractivity contribution in [3.63, 3.8) is 0 Å². The van der Waals surface area contributed by atoms with Gasteiger partial charge in [-0.25, -0.2) is 0 Å². The minimum atomic E-state index is -0.0670. The van der Waals surface area contributed by atoms with E-state index in [9.17, 15) is 4.79 Å². The molecule has 0 bridgehead atoms. The van der Waals surface area contributed by atoms with Gasteiger partial charge in [-0.15, -0.1) is 6.58 Å². The quantitative estimate of drug-likeness (QED) is 0.215. The van der Waals surface area contributed by atoms with Gasteiger partial charge in [0.25, 0.3) is 5.91 Å².